The van der Waals surface area contributed by atoms with Gasteiger partial charge in [-0.15, -0.1) is 24.0 Å². The van der Waals surface area contributed by atoms with Gasteiger partial charge in [0.2, 0.25) is 0 Å². The Morgan fingerprint density at radius 2 is 1.83 bits per heavy atom. The summed E-state index contributed by atoms with van der Waals surface area (Å²) in [5.74, 6) is 0.682. The number of amides is 1. The Morgan fingerprint density at radius 1 is 1.10 bits per heavy atom. The monoisotopic (exact) mass is 509 g/mol. The summed E-state index contributed by atoms with van der Waals surface area (Å²) in [4.78, 5) is 18.2. The number of carbonyl (C=O) groups excluding carboxylic acids is 1. The summed E-state index contributed by atoms with van der Waals surface area (Å²) in [6.07, 6.45) is 0. The number of rotatable bonds is 8. The fraction of sp³-hybridized carbons (Fsp3) is 0.364. The zero-order valence-corrected chi connectivity index (χ0v) is 20.0. The van der Waals surface area contributed by atoms with Crippen LogP contribution in [0.25, 0.3) is 0 Å². The van der Waals surface area contributed by atoms with Gasteiger partial charge >= 0.3 is 0 Å². The molecule has 0 saturated heterocycles. The molecule has 2 rings (SSSR count). The van der Waals surface area contributed by atoms with Crippen molar-refractivity contribution in [2.45, 2.75) is 20.4 Å². The first-order valence-electron chi connectivity index (χ1n) is 9.64. The SMILES string of the molecule is CCN(CCNC(=NC)NCc1ccc(C(=O)NC)cc1)c1cccc(C)c1.I. The molecule has 0 fully saturated rings. The van der Waals surface area contributed by atoms with E-state index in [1.165, 1.54) is 11.3 Å². The molecule has 0 saturated carbocycles. The standard InChI is InChI=1S/C22H31N5O.HI/c1-5-27(20-8-6-7-17(2)15-20)14-13-25-22(24-4)26-16-18-9-11-19(12-10-18)21(28)23-3;/h6-12,15H,5,13-14,16H2,1-4H3,(H,23,28)(H2,24,25,26);1H. The number of nitrogens with one attached hydrogen (secondary N) is 3. The van der Waals surface area contributed by atoms with Crippen molar-refractivity contribution in [3.63, 3.8) is 0 Å². The Hall–Kier alpha value is -2.29. The third-order valence-electron chi connectivity index (χ3n) is 4.55. The molecule has 158 valence electrons. The van der Waals surface area contributed by atoms with Crippen LogP contribution in [-0.2, 0) is 6.54 Å². The highest BCUT2D eigenvalue weighted by Crippen LogP contribution is 2.14. The minimum absolute atomic E-state index is 0. The lowest BCUT2D eigenvalue weighted by atomic mass is 10.1. The number of hydrogen-bond acceptors (Lipinski definition) is 3. The fourth-order valence-corrected chi connectivity index (χ4v) is 2.93. The van der Waals surface area contributed by atoms with Crippen LogP contribution in [0.3, 0.4) is 0 Å². The molecule has 29 heavy (non-hydrogen) atoms. The first kappa shape index (κ1) is 24.7. The van der Waals surface area contributed by atoms with Gasteiger partial charge in [0.1, 0.15) is 0 Å². The Balaban J connectivity index is 0.00000420. The smallest absolute Gasteiger partial charge is 0.251 e. The zero-order valence-electron chi connectivity index (χ0n) is 17.7. The van der Waals surface area contributed by atoms with E-state index in [2.05, 4.69) is 64.0 Å². The van der Waals surface area contributed by atoms with Crippen molar-refractivity contribution < 1.29 is 4.79 Å². The third-order valence-corrected chi connectivity index (χ3v) is 4.55. The molecule has 0 aliphatic rings. The highest BCUT2D eigenvalue weighted by Gasteiger charge is 2.06. The van der Waals surface area contributed by atoms with Crippen LogP contribution in [0.15, 0.2) is 53.5 Å². The maximum atomic E-state index is 11.6. The van der Waals surface area contributed by atoms with E-state index in [4.69, 9.17) is 0 Å². The predicted molar refractivity (Wildman–Crippen MR) is 133 cm³/mol. The van der Waals surface area contributed by atoms with Crippen LogP contribution in [0.5, 0.6) is 0 Å². The Bertz CT molecular complexity index is 792. The van der Waals surface area contributed by atoms with Gasteiger partial charge in [-0.05, 0) is 49.2 Å². The number of carbonyl (C=O) groups is 1. The van der Waals surface area contributed by atoms with Crippen molar-refractivity contribution in [1.82, 2.24) is 16.0 Å². The Morgan fingerprint density at radius 3 is 2.41 bits per heavy atom. The minimum Gasteiger partial charge on any atom is -0.370 e. The van der Waals surface area contributed by atoms with Crippen molar-refractivity contribution in [3.05, 3.63) is 65.2 Å². The summed E-state index contributed by atoms with van der Waals surface area (Å²) in [5.41, 5.74) is 4.25. The van der Waals surface area contributed by atoms with Gasteiger partial charge in [-0.3, -0.25) is 9.79 Å². The molecule has 0 spiro atoms. The zero-order chi connectivity index (χ0) is 20.4. The number of aliphatic imine (C=N–C) groups is 1. The molecule has 0 bridgehead atoms. The van der Waals surface area contributed by atoms with Gasteiger partial charge in [0.25, 0.3) is 5.91 Å². The number of benzene rings is 2. The largest absolute Gasteiger partial charge is 0.370 e. The normalized spacial score (nSPS) is 10.7. The molecule has 0 radical (unpaired) electrons. The molecule has 6 nitrogen and oxygen atoms in total. The van der Waals surface area contributed by atoms with Crippen molar-refractivity contribution in [1.29, 1.82) is 0 Å². The lowest BCUT2D eigenvalue weighted by Gasteiger charge is -2.24. The first-order valence-corrected chi connectivity index (χ1v) is 9.64. The number of hydrogen-bond donors (Lipinski definition) is 3. The van der Waals surface area contributed by atoms with E-state index >= 15 is 0 Å². The van der Waals surface area contributed by atoms with Gasteiger partial charge in [0.15, 0.2) is 5.96 Å². The van der Waals surface area contributed by atoms with Gasteiger partial charge in [-0.25, -0.2) is 0 Å². The van der Waals surface area contributed by atoms with E-state index < -0.39 is 0 Å². The second-order valence-corrected chi connectivity index (χ2v) is 6.55. The van der Waals surface area contributed by atoms with Crippen molar-refractivity contribution >= 4 is 41.5 Å². The Kier molecular flexibility index (Phi) is 11.1. The topological polar surface area (TPSA) is 68.8 Å². The van der Waals surface area contributed by atoms with Crippen molar-refractivity contribution in [2.24, 2.45) is 4.99 Å². The molecule has 0 unspecified atom stereocenters. The fourth-order valence-electron chi connectivity index (χ4n) is 2.93. The van der Waals surface area contributed by atoms with Crippen molar-refractivity contribution in [2.75, 3.05) is 38.6 Å². The molecule has 2 aromatic carbocycles. The Labute approximate surface area is 191 Å². The number of likely N-dealkylation sites (N-methyl/N-ethyl adjacent to an activating group) is 1. The number of guanidine groups is 1. The molecule has 0 aromatic heterocycles. The van der Waals surface area contributed by atoms with Crippen LogP contribution in [0.2, 0.25) is 0 Å². The van der Waals surface area contributed by atoms with Gasteiger partial charge in [0.05, 0.1) is 0 Å². The quantitative estimate of drug-likeness (QED) is 0.291. The maximum absolute atomic E-state index is 11.6. The maximum Gasteiger partial charge on any atom is 0.251 e. The summed E-state index contributed by atoms with van der Waals surface area (Å²) in [6, 6.07) is 16.1. The second kappa shape index (κ2) is 13.0. The predicted octanol–water partition coefficient (Wildman–Crippen LogP) is 3.16. The summed E-state index contributed by atoms with van der Waals surface area (Å²) >= 11 is 0. The molecule has 3 N–H and O–H groups in total. The number of anilines is 1. The summed E-state index contributed by atoms with van der Waals surface area (Å²) < 4.78 is 0. The van der Waals surface area contributed by atoms with Crippen LogP contribution in [-0.4, -0.2) is 45.6 Å². The lowest BCUT2D eigenvalue weighted by Crippen LogP contribution is -2.41. The van der Waals surface area contributed by atoms with E-state index in [1.807, 2.05) is 24.3 Å². The highest BCUT2D eigenvalue weighted by molar-refractivity contribution is 14.0. The van der Waals surface area contributed by atoms with E-state index in [9.17, 15) is 4.79 Å². The molecule has 0 aliphatic carbocycles. The molecular formula is C22H32IN5O. The summed E-state index contributed by atoms with van der Waals surface area (Å²) in [6.45, 7) is 7.55. The average molecular weight is 509 g/mol. The van der Waals surface area contributed by atoms with Crippen LogP contribution < -0.4 is 20.9 Å². The van der Waals surface area contributed by atoms with Crippen molar-refractivity contribution in [3.8, 4) is 0 Å². The van der Waals surface area contributed by atoms with Crippen LogP contribution in [0.4, 0.5) is 5.69 Å². The number of aryl methyl sites for hydroxylation is 1. The molecule has 0 aliphatic heterocycles. The lowest BCUT2D eigenvalue weighted by molar-refractivity contribution is 0.0963. The van der Waals surface area contributed by atoms with E-state index in [0.29, 0.717) is 12.1 Å². The number of nitrogens with zero attached hydrogens (tertiary/aromatic N) is 2. The van der Waals surface area contributed by atoms with E-state index in [-0.39, 0.29) is 29.9 Å². The molecule has 0 heterocycles. The molecular weight excluding hydrogens is 477 g/mol. The van der Waals surface area contributed by atoms with Gasteiger partial charge in [0, 0.05) is 51.5 Å². The average Bonchev–Trinajstić information content (AvgIpc) is 2.73. The molecule has 0 atom stereocenters. The van der Waals surface area contributed by atoms with Crippen LogP contribution >= 0.6 is 24.0 Å². The minimum atomic E-state index is -0.0777. The first-order chi connectivity index (χ1) is 13.6. The molecule has 7 heteroatoms. The van der Waals surface area contributed by atoms with Gasteiger partial charge in [-0.2, -0.15) is 0 Å². The highest BCUT2D eigenvalue weighted by atomic mass is 127. The van der Waals surface area contributed by atoms with Gasteiger partial charge < -0.3 is 20.9 Å². The molecule has 2 aromatic rings. The van der Waals surface area contributed by atoms with Crippen LogP contribution in [0.1, 0.15) is 28.4 Å². The third kappa shape index (κ3) is 7.92. The number of halogens is 1. The summed E-state index contributed by atoms with van der Waals surface area (Å²) in [5, 5.41) is 9.29. The second-order valence-electron chi connectivity index (χ2n) is 6.55. The summed E-state index contributed by atoms with van der Waals surface area (Å²) in [7, 11) is 3.40. The van der Waals surface area contributed by atoms with Gasteiger partial charge in [-0.1, -0.05) is 24.3 Å². The van der Waals surface area contributed by atoms with E-state index in [0.717, 1.165) is 31.2 Å². The van der Waals surface area contributed by atoms with E-state index in [1.54, 1.807) is 14.1 Å². The molecule has 1 amide bonds. The van der Waals surface area contributed by atoms with Crippen LogP contribution in [0, 0.1) is 6.92 Å².